The molecule has 1 N–H and O–H groups in total. The Bertz CT molecular complexity index is 1170. The maximum atomic E-state index is 12.4. The third kappa shape index (κ3) is 3.94. The highest BCUT2D eigenvalue weighted by Crippen LogP contribution is 2.37. The molecule has 30 heavy (non-hydrogen) atoms. The molecule has 0 fully saturated rings. The molecule has 0 saturated heterocycles. The maximum absolute atomic E-state index is 12.4. The molecule has 0 unspecified atom stereocenters. The van der Waals surface area contributed by atoms with Crippen molar-refractivity contribution < 1.29 is 23.9 Å². The molecule has 2 aromatic carbocycles. The van der Waals surface area contributed by atoms with Crippen molar-refractivity contribution in [2.45, 2.75) is 11.9 Å². The number of non-ortho nitro benzene ring substituents is 1. The van der Waals surface area contributed by atoms with Gasteiger partial charge in [0.05, 0.1) is 35.1 Å². The van der Waals surface area contributed by atoms with Crippen LogP contribution in [-0.4, -0.2) is 35.5 Å². The lowest BCUT2D eigenvalue weighted by molar-refractivity contribution is -0.384. The molecule has 4 rings (SSSR count). The smallest absolute Gasteiger partial charge is 0.273 e. The van der Waals surface area contributed by atoms with Crippen molar-refractivity contribution >= 4 is 39.9 Å². The standard InChI is InChI=1S/C20H17N3O6S/c1-11-5-12-6-17-18(29-10-28-17)8-15(12)22-20(11)30-9-19(24)21-14-4-3-13(23(25)26)7-16(14)27-2/h3-8H,9-10H2,1-2H3,(H,21,24). The zero-order chi connectivity index (χ0) is 21.3. The van der Waals surface area contributed by atoms with Gasteiger partial charge in [-0.3, -0.25) is 14.9 Å². The predicted octanol–water partition coefficient (Wildman–Crippen LogP) is 3.92. The van der Waals surface area contributed by atoms with E-state index in [2.05, 4.69) is 10.3 Å². The molecule has 0 spiro atoms. The number of fused-ring (bicyclic) bond motifs is 2. The number of nitro groups is 1. The van der Waals surface area contributed by atoms with E-state index < -0.39 is 4.92 Å². The van der Waals surface area contributed by atoms with Gasteiger partial charge >= 0.3 is 0 Å². The number of rotatable bonds is 6. The van der Waals surface area contributed by atoms with E-state index in [1.807, 2.05) is 25.1 Å². The quantitative estimate of drug-likeness (QED) is 0.358. The number of nitrogens with zero attached hydrogens (tertiary/aromatic N) is 2. The summed E-state index contributed by atoms with van der Waals surface area (Å²) < 4.78 is 15.9. The Labute approximate surface area is 175 Å². The van der Waals surface area contributed by atoms with Crippen LogP contribution in [0.25, 0.3) is 10.9 Å². The summed E-state index contributed by atoms with van der Waals surface area (Å²) in [5, 5.41) is 15.3. The van der Waals surface area contributed by atoms with Gasteiger partial charge in [0.15, 0.2) is 11.5 Å². The molecule has 154 valence electrons. The molecule has 1 amide bonds. The summed E-state index contributed by atoms with van der Waals surface area (Å²) in [6.45, 7) is 2.12. The molecule has 9 nitrogen and oxygen atoms in total. The SMILES string of the molecule is COc1cc([N+](=O)[O-])ccc1NC(=O)CSc1nc2cc3c(cc2cc1C)OCO3. The van der Waals surface area contributed by atoms with E-state index in [-0.39, 0.29) is 29.9 Å². The number of methoxy groups -OCH3 is 1. The molecule has 0 aliphatic carbocycles. The molecule has 1 aromatic heterocycles. The number of thioether (sulfide) groups is 1. The van der Waals surface area contributed by atoms with Crippen molar-refractivity contribution in [1.82, 2.24) is 4.98 Å². The van der Waals surface area contributed by atoms with Crippen LogP contribution in [0.5, 0.6) is 17.2 Å². The van der Waals surface area contributed by atoms with E-state index in [0.717, 1.165) is 21.5 Å². The Morgan fingerprint density at radius 3 is 2.77 bits per heavy atom. The number of carbonyl (C=O) groups is 1. The van der Waals surface area contributed by atoms with E-state index >= 15 is 0 Å². The van der Waals surface area contributed by atoms with E-state index in [1.54, 1.807) is 0 Å². The zero-order valence-corrected chi connectivity index (χ0v) is 16.9. The van der Waals surface area contributed by atoms with Crippen LogP contribution in [0, 0.1) is 17.0 Å². The molecule has 0 radical (unpaired) electrons. The number of nitrogens with one attached hydrogen (secondary N) is 1. The highest BCUT2D eigenvalue weighted by Gasteiger charge is 2.17. The van der Waals surface area contributed by atoms with Gasteiger partial charge < -0.3 is 19.5 Å². The van der Waals surface area contributed by atoms with E-state index in [1.165, 1.54) is 37.1 Å². The van der Waals surface area contributed by atoms with Gasteiger partial charge in [0.2, 0.25) is 12.7 Å². The highest BCUT2D eigenvalue weighted by atomic mass is 32.2. The fourth-order valence-electron chi connectivity index (χ4n) is 3.02. The van der Waals surface area contributed by atoms with Gasteiger partial charge in [-0.15, -0.1) is 0 Å². The first-order valence-corrected chi connectivity index (χ1v) is 9.89. The van der Waals surface area contributed by atoms with Crippen molar-refractivity contribution in [3.63, 3.8) is 0 Å². The molecule has 10 heteroatoms. The van der Waals surface area contributed by atoms with Gasteiger partial charge in [0, 0.05) is 17.5 Å². The number of hydrogen-bond acceptors (Lipinski definition) is 8. The number of hydrogen-bond donors (Lipinski definition) is 1. The lowest BCUT2D eigenvalue weighted by atomic mass is 10.1. The Morgan fingerprint density at radius 2 is 2.03 bits per heavy atom. The number of nitro benzene ring substituents is 1. The second kappa shape index (κ2) is 8.07. The summed E-state index contributed by atoms with van der Waals surface area (Å²) in [7, 11) is 1.39. The van der Waals surface area contributed by atoms with Crippen LogP contribution in [0.2, 0.25) is 0 Å². The van der Waals surface area contributed by atoms with Gasteiger partial charge in [-0.2, -0.15) is 0 Å². The summed E-state index contributed by atoms with van der Waals surface area (Å²) in [6, 6.07) is 9.72. The summed E-state index contributed by atoms with van der Waals surface area (Å²) in [4.78, 5) is 27.4. The average molecular weight is 427 g/mol. The number of pyridine rings is 1. The molecule has 0 atom stereocenters. The van der Waals surface area contributed by atoms with E-state index in [0.29, 0.717) is 17.2 Å². The average Bonchev–Trinajstić information content (AvgIpc) is 3.18. The summed E-state index contributed by atoms with van der Waals surface area (Å²) in [5.41, 5.74) is 1.94. The molecule has 1 aliphatic heterocycles. The number of carbonyl (C=O) groups excluding carboxylic acids is 1. The van der Waals surface area contributed by atoms with E-state index in [9.17, 15) is 14.9 Å². The molecule has 1 aliphatic rings. The number of ether oxygens (including phenoxy) is 3. The van der Waals surface area contributed by atoms with Crippen LogP contribution in [0.3, 0.4) is 0 Å². The molecular formula is C20H17N3O6S. The number of aryl methyl sites for hydroxylation is 1. The van der Waals surface area contributed by atoms with Crippen molar-refractivity contribution in [3.05, 3.63) is 52.1 Å². The van der Waals surface area contributed by atoms with Crippen molar-refractivity contribution in [3.8, 4) is 17.2 Å². The van der Waals surface area contributed by atoms with Crippen LogP contribution in [0.15, 0.2) is 41.4 Å². The largest absolute Gasteiger partial charge is 0.494 e. The number of benzene rings is 2. The van der Waals surface area contributed by atoms with Crippen molar-refractivity contribution in [1.29, 1.82) is 0 Å². The van der Waals surface area contributed by atoms with Gasteiger partial charge in [0.1, 0.15) is 10.8 Å². The second-order valence-corrected chi connectivity index (χ2v) is 7.45. The minimum Gasteiger partial charge on any atom is -0.494 e. The second-order valence-electron chi connectivity index (χ2n) is 6.49. The monoisotopic (exact) mass is 427 g/mol. The minimum atomic E-state index is -0.523. The number of amides is 1. The third-order valence-corrected chi connectivity index (χ3v) is 5.56. The van der Waals surface area contributed by atoms with Crippen LogP contribution in [0.1, 0.15) is 5.56 Å². The summed E-state index contributed by atoms with van der Waals surface area (Å²) in [6.07, 6.45) is 0. The fraction of sp³-hybridized carbons (Fsp3) is 0.200. The zero-order valence-electron chi connectivity index (χ0n) is 16.1. The topological polar surface area (TPSA) is 113 Å². The fourth-order valence-corrected chi connectivity index (χ4v) is 3.80. The number of aromatic nitrogens is 1. The molecular weight excluding hydrogens is 410 g/mol. The van der Waals surface area contributed by atoms with Crippen LogP contribution >= 0.6 is 11.8 Å². The highest BCUT2D eigenvalue weighted by molar-refractivity contribution is 8.00. The van der Waals surface area contributed by atoms with Gasteiger partial charge in [0.25, 0.3) is 5.69 Å². The van der Waals surface area contributed by atoms with Crippen molar-refractivity contribution in [2.75, 3.05) is 25.0 Å². The lowest BCUT2D eigenvalue weighted by Crippen LogP contribution is -2.15. The van der Waals surface area contributed by atoms with Gasteiger partial charge in [-0.1, -0.05) is 11.8 Å². The summed E-state index contributed by atoms with van der Waals surface area (Å²) >= 11 is 1.30. The first-order valence-electron chi connectivity index (χ1n) is 8.90. The molecule has 0 bridgehead atoms. The van der Waals surface area contributed by atoms with Crippen LogP contribution in [0.4, 0.5) is 11.4 Å². The van der Waals surface area contributed by atoms with Gasteiger partial charge in [-0.05, 0) is 30.7 Å². The van der Waals surface area contributed by atoms with Gasteiger partial charge in [-0.25, -0.2) is 4.98 Å². The van der Waals surface area contributed by atoms with E-state index in [4.69, 9.17) is 14.2 Å². The first kappa shape index (κ1) is 19.8. The Kier molecular flexibility index (Phi) is 5.32. The Hall–Kier alpha value is -3.53. The summed E-state index contributed by atoms with van der Waals surface area (Å²) in [5.74, 6) is 1.40. The first-order chi connectivity index (χ1) is 14.4. The van der Waals surface area contributed by atoms with Crippen LogP contribution < -0.4 is 19.5 Å². The minimum absolute atomic E-state index is 0.115. The maximum Gasteiger partial charge on any atom is 0.273 e. The van der Waals surface area contributed by atoms with Crippen molar-refractivity contribution in [2.24, 2.45) is 0 Å². The predicted molar refractivity (Wildman–Crippen MR) is 112 cm³/mol. The molecule has 2 heterocycles. The normalized spacial score (nSPS) is 12.1. The molecule has 3 aromatic rings. The Morgan fingerprint density at radius 1 is 1.27 bits per heavy atom. The third-order valence-electron chi connectivity index (χ3n) is 4.46. The number of anilines is 1. The lowest BCUT2D eigenvalue weighted by Gasteiger charge is -2.11. The molecule has 0 saturated carbocycles. The van der Waals surface area contributed by atoms with Crippen LogP contribution in [-0.2, 0) is 4.79 Å². The Balaban J connectivity index is 1.47.